The third kappa shape index (κ3) is 3.63. The monoisotopic (exact) mass is 550 g/mol. The van der Waals surface area contributed by atoms with Gasteiger partial charge in [-0.1, -0.05) is 105 Å². The Labute approximate surface area is 210 Å². The number of carbonyl (C=O) groups excluding carboxylic acids is 1. The molecule has 0 aromatic heterocycles. The normalized spacial score (nSPS) is 18.6. The summed E-state index contributed by atoms with van der Waals surface area (Å²) >= 11 is 2.46. The molecule has 1 heterocycles. The van der Waals surface area contributed by atoms with Gasteiger partial charge in [-0.3, -0.25) is 4.79 Å². The first-order valence-corrected chi connectivity index (χ1v) is 13.6. The van der Waals surface area contributed by atoms with E-state index in [0.717, 1.165) is 46.1 Å². The van der Waals surface area contributed by atoms with Gasteiger partial charge in [0, 0.05) is 15.9 Å². The van der Waals surface area contributed by atoms with Crippen LogP contribution in [0, 0.1) is 0 Å². The molecular weight excluding hydrogens is 519 g/mol. The molecule has 0 saturated carbocycles. The molecule has 1 aliphatic heterocycles. The van der Waals surface area contributed by atoms with E-state index in [1.165, 1.54) is 27.8 Å². The Morgan fingerprint density at radius 1 is 0.939 bits per heavy atom. The van der Waals surface area contributed by atoms with Crippen LogP contribution in [0.25, 0.3) is 11.1 Å². The van der Waals surface area contributed by atoms with Crippen molar-refractivity contribution in [3.8, 4) is 16.9 Å². The summed E-state index contributed by atoms with van der Waals surface area (Å²) in [4.78, 5) is 13.3. The third-order valence-electron chi connectivity index (χ3n) is 7.40. The Morgan fingerprint density at radius 2 is 1.70 bits per heavy atom. The minimum Gasteiger partial charge on any atom is -0.425 e. The van der Waals surface area contributed by atoms with Crippen molar-refractivity contribution in [3.05, 3.63) is 88.0 Å². The average molecular weight is 550 g/mol. The van der Waals surface area contributed by atoms with Crippen LogP contribution in [-0.2, 0) is 16.6 Å². The lowest BCUT2D eigenvalue weighted by molar-refractivity contribution is -0.133. The molecule has 0 radical (unpaired) electrons. The number of rotatable bonds is 6. The van der Waals surface area contributed by atoms with Crippen LogP contribution in [0.4, 0.5) is 0 Å². The maximum Gasteiger partial charge on any atom is 0.323 e. The van der Waals surface area contributed by atoms with Crippen molar-refractivity contribution in [2.24, 2.45) is 0 Å². The quantitative estimate of drug-likeness (QED) is 0.135. The fraction of sp³-hybridized carbons (Fsp3) is 0.367. The predicted octanol–water partition coefficient (Wildman–Crippen LogP) is 7.92. The Hall–Kier alpha value is -2.14. The molecule has 2 aliphatic rings. The first-order valence-electron chi connectivity index (χ1n) is 12.1. The van der Waals surface area contributed by atoms with E-state index in [1.807, 2.05) is 0 Å². The lowest BCUT2D eigenvalue weighted by Gasteiger charge is -2.24. The van der Waals surface area contributed by atoms with Gasteiger partial charge in [-0.25, -0.2) is 0 Å². The van der Waals surface area contributed by atoms with Gasteiger partial charge in [0.05, 0.1) is 0 Å². The molecule has 2 nitrogen and oxygen atoms in total. The lowest BCUT2D eigenvalue weighted by atomic mass is 9.81. The number of esters is 1. The minimum absolute atomic E-state index is 0.0412. The van der Waals surface area contributed by atoms with Crippen molar-refractivity contribution in [2.75, 3.05) is 4.43 Å². The van der Waals surface area contributed by atoms with E-state index in [0.29, 0.717) is 5.92 Å². The topological polar surface area (TPSA) is 26.3 Å². The molecular formula is C30H31IO2. The SMILES string of the molecule is CCCc1cc(C(C)(C)CI)cc2c1OC(=O)C2c1ccc2c(c1)-c1ccccc1C2CC. The van der Waals surface area contributed by atoms with Crippen LogP contribution in [0.5, 0.6) is 5.75 Å². The zero-order valence-electron chi connectivity index (χ0n) is 19.9. The number of fused-ring (bicyclic) bond motifs is 4. The summed E-state index contributed by atoms with van der Waals surface area (Å²) in [6.45, 7) is 8.99. The second-order valence-electron chi connectivity index (χ2n) is 10.1. The molecule has 0 amide bonds. The summed E-state index contributed by atoms with van der Waals surface area (Å²) in [5, 5.41) is 0. The summed E-state index contributed by atoms with van der Waals surface area (Å²) in [5.74, 6) is 0.719. The smallest absolute Gasteiger partial charge is 0.323 e. The van der Waals surface area contributed by atoms with Gasteiger partial charge in [0.1, 0.15) is 11.7 Å². The van der Waals surface area contributed by atoms with Gasteiger partial charge in [-0.2, -0.15) is 0 Å². The van der Waals surface area contributed by atoms with Crippen molar-refractivity contribution >= 4 is 28.6 Å². The number of halogens is 1. The fourth-order valence-electron chi connectivity index (χ4n) is 5.52. The number of hydrogen-bond acceptors (Lipinski definition) is 2. The maximum atomic E-state index is 13.3. The van der Waals surface area contributed by atoms with Crippen LogP contribution in [0.15, 0.2) is 54.6 Å². The summed E-state index contributed by atoms with van der Waals surface area (Å²) in [5.41, 5.74) is 9.93. The van der Waals surface area contributed by atoms with Crippen LogP contribution in [0.1, 0.15) is 85.8 Å². The Morgan fingerprint density at radius 3 is 2.42 bits per heavy atom. The van der Waals surface area contributed by atoms with Crippen molar-refractivity contribution in [1.82, 2.24) is 0 Å². The second-order valence-corrected chi connectivity index (χ2v) is 10.8. The van der Waals surface area contributed by atoms with Crippen molar-refractivity contribution in [1.29, 1.82) is 0 Å². The predicted molar refractivity (Wildman–Crippen MR) is 144 cm³/mol. The summed E-state index contributed by atoms with van der Waals surface area (Å²) in [7, 11) is 0. The number of ether oxygens (including phenoxy) is 1. The zero-order chi connectivity index (χ0) is 23.3. The van der Waals surface area contributed by atoms with Gasteiger partial charge in [-0.15, -0.1) is 0 Å². The van der Waals surface area contributed by atoms with Gasteiger partial charge in [-0.05, 0) is 63.3 Å². The Bertz CT molecular complexity index is 1240. The standard InChI is InChI=1S/C30H31IO2/c1-5-9-19-14-20(30(3,4)17-31)16-26-27(29(32)33-28(19)26)18-12-13-24-21(6-2)22-10-7-8-11-23(22)25(24)15-18/h7-8,10-16,21,27H,5-6,9,17H2,1-4H3. The third-order valence-corrected chi connectivity index (χ3v) is 9.31. The molecule has 0 N–H and O–H groups in total. The highest BCUT2D eigenvalue weighted by Crippen LogP contribution is 2.49. The number of benzene rings is 3. The molecule has 0 saturated heterocycles. The highest BCUT2D eigenvalue weighted by atomic mass is 127. The van der Waals surface area contributed by atoms with Gasteiger partial charge in [0.25, 0.3) is 0 Å². The van der Waals surface area contributed by atoms with Crippen LogP contribution < -0.4 is 4.74 Å². The molecule has 3 heteroatoms. The number of carbonyl (C=O) groups is 1. The van der Waals surface area contributed by atoms with E-state index >= 15 is 0 Å². The molecule has 33 heavy (non-hydrogen) atoms. The van der Waals surface area contributed by atoms with Crippen molar-refractivity contribution in [3.63, 3.8) is 0 Å². The van der Waals surface area contributed by atoms with E-state index in [9.17, 15) is 4.79 Å². The highest BCUT2D eigenvalue weighted by Gasteiger charge is 2.39. The molecule has 0 spiro atoms. The maximum absolute atomic E-state index is 13.3. The molecule has 3 aromatic rings. The minimum atomic E-state index is -0.362. The van der Waals surface area contributed by atoms with Crippen molar-refractivity contribution in [2.45, 2.75) is 64.2 Å². The Kier molecular flexibility index (Phi) is 5.88. The van der Waals surface area contributed by atoms with E-state index < -0.39 is 0 Å². The molecule has 0 bridgehead atoms. The molecule has 3 aromatic carbocycles. The van der Waals surface area contributed by atoms with Gasteiger partial charge < -0.3 is 4.74 Å². The first-order chi connectivity index (χ1) is 15.9. The van der Waals surface area contributed by atoms with Gasteiger partial charge in [0.2, 0.25) is 0 Å². The van der Waals surface area contributed by atoms with Crippen LogP contribution in [0.2, 0.25) is 0 Å². The molecule has 2 unspecified atom stereocenters. The van der Waals surface area contributed by atoms with Crippen molar-refractivity contribution < 1.29 is 9.53 Å². The average Bonchev–Trinajstić information content (AvgIpc) is 3.32. The largest absolute Gasteiger partial charge is 0.425 e. The zero-order valence-corrected chi connectivity index (χ0v) is 22.0. The number of hydrogen-bond donors (Lipinski definition) is 0. The molecule has 0 fully saturated rings. The molecule has 170 valence electrons. The van der Waals surface area contributed by atoms with E-state index in [-0.39, 0.29) is 17.3 Å². The second kappa shape index (κ2) is 8.57. The molecule has 2 atom stereocenters. The molecule has 1 aliphatic carbocycles. The van der Waals surface area contributed by atoms with Crippen LogP contribution >= 0.6 is 22.6 Å². The van der Waals surface area contributed by atoms with Gasteiger partial charge >= 0.3 is 5.97 Å². The highest BCUT2D eigenvalue weighted by molar-refractivity contribution is 14.1. The molecule has 5 rings (SSSR count). The first kappa shape index (κ1) is 22.6. The van der Waals surface area contributed by atoms with Crippen LogP contribution in [0.3, 0.4) is 0 Å². The number of aryl methyl sites for hydroxylation is 1. The fourth-order valence-corrected chi connectivity index (χ4v) is 5.96. The summed E-state index contributed by atoms with van der Waals surface area (Å²) in [6, 6.07) is 19.9. The van der Waals surface area contributed by atoms with Gasteiger partial charge in [0.15, 0.2) is 0 Å². The van der Waals surface area contributed by atoms with E-state index in [1.54, 1.807) is 0 Å². The number of alkyl halides is 1. The summed E-state index contributed by atoms with van der Waals surface area (Å²) in [6.07, 6.45) is 3.02. The lowest BCUT2D eigenvalue weighted by Crippen LogP contribution is -2.19. The van der Waals surface area contributed by atoms with E-state index in [4.69, 9.17) is 4.74 Å². The summed E-state index contributed by atoms with van der Waals surface area (Å²) < 4.78 is 6.97. The Balaban J connectivity index is 1.66. The van der Waals surface area contributed by atoms with E-state index in [2.05, 4.69) is 105 Å². The van der Waals surface area contributed by atoms with Crippen LogP contribution in [-0.4, -0.2) is 10.4 Å².